The third kappa shape index (κ3) is 15.2. The molecule has 0 aromatic rings. The maximum absolute atomic E-state index is 12.6. The highest BCUT2D eigenvalue weighted by molar-refractivity contribution is 5.82. The van der Waals surface area contributed by atoms with Crippen molar-refractivity contribution >= 4 is 11.9 Å². The topological polar surface area (TPSA) is 93.1 Å². The van der Waals surface area contributed by atoms with Crippen molar-refractivity contribution in [3.05, 3.63) is 71.4 Å². The van der Waals surface area contributed by atoms with Gasteiger partial charge in [-0.25, -0.2) is 4.79 Å². The molecule has 40 heavy (non-hydrogen) atoms. The van der Waals surface area contributed by atoms with Crippen molar-refractivity contribution in [1.29, 1.82) is 0 Å². The van der Waals surface area contributed by atoms with E-state index in [1.807, 2.05) is 52.0 Å². The first-order chi connectivity index (χ1) is 18.9. The summed E-state index contributed by atoms with van der Waals surface area (Å²) < 4.78 is 11.4. The van der Waals surface area contributed by atoms with Crippen molar-refractivity contribution in [2.45, 2.75) is 118 Å². The smallest absolute Gasteiger partial charge is 0.331 e. The van der Waals surface area contributed by atoms with E-state index in [0.29, 0.717) is 32.1 Å². The van der Waals surface area contributed by atoms with Crippen LogP contribution in [0.3, 0.4) is 0 Å². The molecule has 0 bridgehead atoms. The molecule has 0 unspecified atom stereocenters. The second-order valence-electron chi connectivity index (χ2n) is 11.3. The van der Waals surface area contributed by atoms with Crippen LogP contribution in [0.2, 0.25) is 0 Å². The molecule has 0 fully saturated rings. The van der Waals surface area contributed by atoms with Gasteiger partial charge < -0.3 is 19.7 Å². The van der Waals surface area contributed by atoms with E-state index >= 15 is 0 Å². The van der Waals surface area contributed by atoms with E-state index < -0.39 is 18.2 Å². The summed E-state index contributed by atoms with van der Waals surface area (Å²) in [6, 6.07) is 0. The number of rotatable bonds is 11. The standard InChI is InChI=1S/C34H52O6/c1-8-13-29(35)30(36)23-26(5)15-11-14-25(4)22-27(6)20-21-34(38)40-32-18-12-19-33(37)39-31(24(2)3)17-10-9-16-28(32)7/h9-11,14-15,20-24,28-32,35-36H,8,12-13,16-19H2,1-7H3/t28-,29-,30-,31+,32-/m0/s1. The predicted molar refractivity (Wildman–Crippen MR) is 162 cm³/mol. The molecule has 1 rings (SSSR count). The van der Waals surface area contributed by atoms with Gasteiger partial charge in [0.2, 0.25) is 0 Å². The quantitative estimate of drug-likeness (QED) is 0.122. The normalized spacial score (nSPS) is 24.1. The summed E-state index contributed by atoms with van der Waals surface area (Å²) in [4.78, 5) is 24.9. The van der Waals surface area contributed by atoms with Crippen LogP contribution in [0.25, 0.3) is 0 Å². The largest absolute Gasteiger partial charge is 0.462 e. The van der Waals surface area contributed by atoms with Gasteiger partial charge in [-0.2, -0.15) is 0 Å². The molecule has 0 spiro atoms. The molecule has 224 valence electrons. The summed E-state index contributed by atoms with van der Waals surface area (Å²) in [5.74, 6) is -0.184. The Morgan fingerprint density at radius 1 is 1.07 bits per heavy atom. The maximum Gasteiger partial charge on any atom is 0.331 e. The summed E-state index contributed by atoms with van der Waals surface area (Å²) in [6.07, 6.45) is 19.1. The molecule has 5 atom stereocenters. The highest BCUT2D eigenvalue weighted by atomic mass is 16.5. The third-order valence-electron chi connectivity index (χ3n) is 6.91. The van der Waals surface area contributed by atoms with E-state index in [1.165, 1.54) is 6.08 Å². The third-order valence-corrected chi connectivity index (χ3v) is 6.91. The van der Waals surface area contributed by atoms with Crippen LogP contribution >= 0.6 is 0 Å². The molecule has 2 N–H and O–H groups in total. The van der Waals surface area contributed by atoms with Crippen LogP contribution < -0.4 is 0 Å². The van der Waals surface area contributed by atoms with Crippen molar-refractivity contribution in [2.24, 2.45) is 11.8 Å². The number of carbonyl (C=O) groups excluding carboxylic acids is 2. The highest BCUT2D eigenvalue weighted by Crippen LogP contribution is 2.22. The van der Waals surface area contributed by atoms with Crippen molar-refractivity contribution in [3.8, 4) is 0 Å². The predicted octanol–water partition coefficient (Wildman–Crippen LogP) is 7.10. The molecule has 0 saturated heterocycles. The molecule has 0 amide bonds. The lowest BCUT2D eigenvalue weighted by molar-refractivity contribution is -0.151. The minimum atomic E-state index is -0.874. The zero-order valence-corrected chi connectivity index (χ0v) is 25.6. The summed E-state index contributed by atoms with van der Waals surface area (Å²) in [5, 5.41) is 19.9. The minimum Gasteiger partial charge on any atom is -0.462 e. The average Bonchev–Trinajstić information content (AvgIpc) is 2.87. The molecule has 6 nitrogen and oxygen atoms in total. The lowest BCUT2D eigenvalue weighted by Gasteiger charge is -2.24. The van der Waals surface area contributed by atoms with Gasteiger partial charge in [-0.15, -0.1) is 0 Å². The van der Waals surface area contributed by atoms with Gasteiger partial charge in [-0.3, -0.25) is 4.79 Å². The Balaban J connectivity index is 2.73. The number of allylic oxidation sites excluding steroid dienone is 9. The summed E-state index contributed by atoms with van der Waals surface area (Å²) in [7, 11) is 0. The number of aliphatic hydroxyl groups excluding tert-OH is 2. The number of aliphatic hydroxyl groups is 2. The van der Waals surface area contributed by atoms with E-state index in [4.69, 9.17) is 9.47 Å². The van der Waals surface area contributed by atoms with Crippen LogP contribution in [0.1, 0.15) is 93.4 Å². The van der Waals surface area contributed by atoms with Gasteiger partial charge in [-0.1, -0.05) is 99.4 Å². The molecule has 0 aliphatic carbocycles. The molecule has 1 aliphatic heterocycles. The first-order valence-corrected chi connectivity index (χ1v) is 14.7. The van der Waals surface area contributed by atoms with Gasteiger partial charge in [0.25, 0.3) is 0 Å². The van der Waals surface area contributed by atoms with Crippen LogP contribution in [0.4, 0.5) is 0 Å². The Morgan fingerprint density at radius 3 is 2.45 bits per heavy atom. The van der Waals surface area contributed by atoms with E-state index in [9.17, 15) is 19.8 Å². The molecule has 1 aliphatic rings. The van der Waals surface area contributed by atoms with E-state index in [1.54, 1.807) is 12.2 Å². The minimum absolute atomic E-state index is 0.103. The Hall–Kier alpha value is -2.70. The van der Waals surface area contributed by atoms with E-state index in [-0.39, 0.29) is 30.0 Å². The van der Waals surface area contributed by atoms with E-state index in [2.05, 4.69) is 32.9 Å². The lowest BCUT2D eigenvalue weighted by Crippen LogP contribution is -2.26. The zero-order chi connectivity index (χ0) is 30.1. The number of hydrogen-bond donors (Lipinski definition) is 2. The van der Waals surface area contributed by atoms with Crippen LogP contribution in [0.5, 0.6) is 0 Å². The Kier molecular flexibility index (Phi) is 17.1. The van der Waals surface area contributed by atoms with Gasteiger partial charge >= 0.3 is 11.9 Å². The highest BCUT2D eigenvalue weighted by Gasteiger charge is 2.23. The summed E-state index contributed by atoms with van der Waals surface area (Å²) in [6.45, 7) is 13.9. The first-order valence-electron chi connectivity index (χ1n) is 14.7. The summed E-state index contributed by atoms with van der Waals surface area (Å²) >= 11 is 0. The Bertz CT molecular complexity index is 965. The van der Waals surface area contributed by atoms with Crippen LogP contribution in [0, 0.1) is 11.8 Å². The fourth-order valence-corrected chi connectivity index (χ4v) is 4.38. The van der Waals surface area contributed by atoms with E-state index in [0.717, 1.165) is 29.6 Å². The summed E-state index contributed by atoms with van der Waals surface area (Å²) in [5.41, 5.74) is 2.77. The van der Waals surface area contributed by atoms with Crippen molar-refractivity contribution in [1.82, 2.24) is 0 Å². The van der Waals surface area contributed by atoms with Gasteiger partial charge in [0.1, 0.15) is 12.2 Å². The van der Waals surface area contributed by atoms with Crippen LogP contribution in [-0.2, 0) is 19.1 Å². The molecule has 6 heteroatoms. The van der Waals surface area contributed by atoms with Gasteiger partial charge in [0.15, 0.2) is 0 Å². The molecule has 0 aromatic heterocycles. The average molecular weight is 557 g/mol. The molecular weight excluding hydrogens is 504 g/mol. The van der Waals surface area contributed by atoms with Gasteiger partial charge in [0.05, 0.1) is 12.2 Å². The first kappa shape index (κ1) is 35.3. The number of ether oxygens (including phenoxy) is 2. The number of carbonyl (C=O) groups is 2. The zero-order valence-electron chi connectivity index (χ0n) is 25.6. The Labute approximate surface area is 242 Å². The van der Waals surface area contributed by atoms with Gasteiger partial charge in [0, 0.05) is 18.9 Å². The van der Waals surface area contributed by atoms with Crippen molar-refractivity contribution in [3.63, 3.8) is 0 Å². The van der Waals surface area contributed by atoms with Gasteiger partial charge in [-0.05, 0) is 58.3 Å². The lowest BCUT2D eigenvalue weighted by atomic mass is 9.94. The molecular formula is C34H52O6. The number of hydrogen-bond acceptors (Lipinski definition) is 6. The SMILES string of the molecule is CCC[C@H](O)[C@@H](O)C=C(C)C=CC=C(C)C=C(C)C=CC(=O)O[C@H]1CCCC(=O)O[C@@H](C(C)C)CC=CC[C@@H]1C. The second-order valence-corrected chi connectivity index (χ2v) is 11.3. The number of cyclic esters (lactones) is 1. The monoisotopic (exact) mass is 556 g/mol. The maximum atomic E-state index is 12.6. The fourth-order valence-electron chi connectivity index (χ4n) is 4.38. The van der Waals surface area contributed by atoms with Crippen molar-refractivity contribution in [2.75, 3.05) is 0 Å². The van der Waals surface area contributed by atoms with Crippen LogP contribution in [0.15, 0.2) is 71.4 Å². The second kappa shape index (κ2) is 19.4. The molecule has 0 radical (unpaired) electrons. The van der Waals surface area contributed by atoms with Crippen LogP contribution in [-0.4, -0.2) is 46.6 Å². The van der Waals surface area contributed by atoms with Crippen molar-refractivity contribution < 1.29 is 29.3 Å². The molecule has 1 heterocycles. The molecule has 0 saturated carbocycles. The fraction of sp³-hybridized carbons (Fsp3) is 0.588. The molecule has 0 aromatic carbocycles. The number of esters is 2. The Morgan fingerprint density at radius 2 is 1.77 bits per heavy atom.